The standard InChI is InChI=1S/C28H28ClN3O4/c1-4-18(2)20-8-11-23(12-9-20)36-15-14-31-13-5-6-21(31)16-24-26(33)30-28(35)32(27(24)34)22-10-7-19(3)25(29)17-22/h5-13,16-18H,4,14-15H2,1-3H3,(H,30,33,35)/b24-16+. The lowest BCUT2D eigenvalue weighted by Crippen LogP contribution is -2.54. The van der Waals surface area contributed by atoms with E-state index in [0.29, 0.717) is 29.8 Å². The summed E-state index contributed by atoms with van der Waals surface area (Å²) in [5.74, 6) is -0.177. The van der Waals surface area contributed by atoms with Gasteiger partial charge in [-0.25, -0.2) is 9.69 Å². The topological polar surface area (TPSA) is 80.6 Å². The van der Waals surface area contributed by atoms with Crippen LogP contribution in [0.1, 0.15) is 43.0 Å². The Kier molecular flexibility index (Phi) is 7.60. The zero-order valence-corrected chi connectivity index (χ0v) is 21.2. The van der Waals surface area contributed by atoms with Gasteiger partial charge in [-0.2, -0.15) is 0 Å². The summed E-state index contributed by atoms with van der Waals surface area (Å²) in [6.45, 7) is 7.09. The second kappa shape index (κ2) is 10.8. The summed E-state index contributed by atoms with van der Waals surface area (Å²) in [6.07, 6.45) is 4.40. The second-order valence-electron chi connectivity index (χ2n) is 8.74. The molecular weight excluding hydrogens is 478 g/mol. The van der Waals surface area contributed by atoms with Gasteiger partial charge in [-0.1, -0.05) is 43.6 Å². The van der Waals surface area contributed by atoms with Gasteiger partial charge < -0.3 is 9.30 Å². The Morgan fingerprint density at radius 2 is 1.83 bits per heavy atom. The van der Waals surface area contributed by atoms with E-state index in [-0.39, 0.29) is 11.3 Å². The predicted octanol–water partition coefficient (Wildman–Crippen LogP) is 5.71. The number of halogens is 1. The molecule has 0 saturated carbocycles. The molecule has 4 rings (SSSR count). The molecule has 8 heteroatoms. The fourth-order valence-corrected chi connectivity index (χ4v) is 4.09. The molecule has 0 bridgehead atoms. The number of benzene rings is 2. The van der Waals surface area contributed by atoms with Gasteiger partial charge in [0.15, 0.2) is 0 Å². The van der Waals surface area contributed by atoms with E-state index in [1.807, 2.05) is 35.9 Å². The Bertz CT molecular complexity index is 1330. The molecule has 0 aliphatic carbocycles. The van der Waals surface area contributed by atoms with Gasteiger partial charge >= 0.3 is 6.03 Å². The number of nitrogens with zero attached hydrogens (tertiary/aromatic N) is 2. The fourth-order valence-electron chi connectivity index (χ4n) is 3.91. The van der Waals surface area contributed by atoms with Crippen LogP contribution < -0.4 is 15.0 Å². The van der Waals surface area contributed by atoms with Crippen molar-refractivity contribution in [1.82, 2.24) is 9.88 Å². The molecule has 1 atom stereocenters. The number of hydrogen-bond acceptors (Lipinski definition) is 4. The molecule has 7 nitrogen and oxygen atoms in total. The number of aromatic nitrogens is 1. The Labute approximate surface area is 215 Å². The number of hydrogen-bond donors (Lipinski definition) is 1. The maximum absolute atomic E-state index is 13.2. The molecule has 1 N–H and O–H groups in total. The molecular formula is C28H28ClN3O4. The zero-order chi connectivity index (χ0) is 25.8. The van der Waals surface area contributed by atoms with E-state index in [0.717, 1.165) is 22.6 Å². The van der Waals surface area contributed by atoms with Gasteiger partial charge in [0.1, 0.15) is 17.9 Å². The van der Waals surface area contributed by atoms with E-state index in [9.17, 15) is 14.4 Å². The number of rotatable bonds is 8. The number of urea groups is 1. The molecule has 0 spiro atoms. The quantitative estimate of drug-likeness (QED) is 0.314. The van der Waals surface area contributed by atoms with E-state index >= 15 is 0 Å². The Hall–Kier alpha value is -3.84. The number of imide groups is 2. The van der Waals surface area contributed by atoms with Gasteiger partial charge in [-0.05, 0) is 72.9 Å². The van der Waals surface area contributed by atoms with Crippen molar-refractivity contribution < 1.29 is 19.1 Å². The summed E-state index contributed by atoms with van der Waals surface area (Å²) in [5, 5.41) is 2.65. The summed E-state index contributed by atoms with van der Waals surface area (Å²) >= 11 is 6.18. The number of carbonyl (C=O) groups is 3. The highest BCUT2D eigenvalue weighted by molar-refractivity contribution is 6.39. The van der Waals surface area contributed by atoms with Gasteiger partial charge in [0, 0.05) is 16.9 Å². The van der Waals surface area contributed by atoms with Gasteiger partial charge in [0.25, 0.3) is 11.8 Å². The second-order valence-corrected chi connectivity index (χ2v) is 9.15. The largest absolute Gasteiger partial charge is 0.492 e. The normalized spacial score (nSPS) is 15.8. The highest BCUT2D eigenvalue weighted by atomic mass is 35.5. The van der Waals surface area contributed by atoms with Crippen LogP contribution in [0.4, 0.5) is 10.5 Å². The predicted molar refractivity (Wildman–Crippen MR) is 140 cm³/mol. The number of anilines is 1. The molecule has 1 fully saturated rings. The summed E-state index contributed by atoms with van der Waals surface area (Å²) < 4.78 is 7.77. The van der Waals surface area contributed by atoms with Crippen LogP contribution in [-0.4, -0.2) is 29.0 Å². The first-order chi connectivity index (χ1) is 17.3. The molecule has 1 saturated heterocycles. The summed E-state index contributed by atoms with van der Waals surface area (Å²) in [5.41, 5.74) is 2.87. The van der Waals surface area contributed by atoms with Crippen LogP contribution in [0.25, 0.3) is 6.08 Å². The van der Waals surface area contributed by atoms with Crippen molar-refractivity contribution in [3.63, 3.8) is 0 Å². The van der Waals surface area contributed by atoms with Crippen LogP contribution >= 0.6 is 11.6 Å². The molecule has 2 heterocycles. The van der Waals surface area contributed by atoms with E-state index in [1.54, 1.807) is 18.2 Å². The Balaban J connectivity index is 1.48. The van der Waals surface area contributed by atoms with Gasteiger partial charge in [-0.3, -0.25) is 14.9 Å². The van der Waals surface area contributed by atoms with Gasteiger partial charge in [0.2, 0.25) is 0 Å². The molecule has 1 aromatic heterocycles. The summed E-state index contributed by atoms with van der Waals surface area (Å²) in [6, 6.07) is 15.7. The summed E-state index contributed by atoms with van der Waals surface area (Å²) in [7, 11) is 0. The van der Waals surface area contributed by atoms with Crippen molar-refractivity contribution >= 4 is 41.2 Å². The first-order valence-electron chi connectivity index (χ1n) is 11.8. The highest BCUT2D eigenvalue weighted by Crippen LogP contribution is 2.27. The number of barbiturate groups is 1. The molecule has 36 heavy (non-hydrogen) atoms. The third-order valence-corrected chi connectivity index (χ3v) is 6.74. The van der Waals surface area contributed by atoms with Crippen molar-refractivity contribution in [3.8, 4) is 5.75 Å². The molecule has 2 aromatic carbocycles. The zero-order valence-electron chi connectivity index (χ0n) is 20.5. The number of nitrogens with one attached hydrogen (secondary N) is 1. The SMILES string of the molecule is CCC(C)c1ccc(OCCn2cccc2/C=C2\C(=O)NC(=O)N(c3ccc(C)c(Cl)c3)C2=O)cc1. The van der Waals surface area contributed by atoms with E-state index in [2.05, 4.69) is 31.3 Å². The van der Waals surface area contributed by atoms with Crippen LogP contribution in [0.5, 0.6) is 5.75 Å². The van der Waals surface area contributed by atoms with Crippen molar-refractivity contribution in [2.45, 2.75) is 39.7 Å². The molecule has 186 valence electrons. The fraction of sp³-hybridized carbons (Fsp3) is 0.250. The smallest absolute Gasteiger partial charge is 0.335 e. The first-order valence-corrected chi connectivity index (χ1v) is 12.2. The maximum atomic E-state index is 13.2. The van der Waals surface area contributed by atoms with Crippen molar-refractivity contribution in [2.75, 3.05) is 11.5 Å². The van der Waals surface area contributed by atoms with Crippen molar-refractivity contribution in [3.05, 3.63) is 88.2 Å². The third-order valence-electron chi connectivity index (χ3n) is 6.33. The van der Waals surface area contributed by atoms with E-state index in [1.165, 1.54) is 17.7 Å². The van der Waals surface area contributed by atoms with Crippen molar-refractivity contribution in [1.29, 1.82) is 0 Å². The number of carbonyl (C=O) groups excluding carboxylic acids is 3. The molecule has 3 aromatic rings. The number of aryl methyl sites for hydroxylation is 1. The van der Waals surface area contributed by atoms with E-state index < -0.39 is 17.8 Å². The van der Waals surface area contributed by atoms with Crippen LogP contribution in [-0.2, 0) is 16.1 Å². The van der Waals surface area contributed by atoms with E-state index in [4.69, 9.17) is 16.3 Å². The van der Waals surface area contributed by atoms with Crippen molar-refractivity contribution in [2.24, 2.45) is 0 Å². The monoisotopic (exact) mass is 505 g/mol. The van der Waals surface area contributed by atoms with Crippen LogP contribution in [0.15, 0.2) is 66.4 Å². The van der Waals surface area contributed by atoms with Crippen LogP contribution in [0.3, 0.4) is 0 Å². The average Bonchev–Trinajstić information content (AvgIpc) is 3.30. The lowest BCUT2D eigenvalue weighted by molar-refractivity contribution is -0.122. The number of ether oxygens (including phenoxy) is 1. The van der Waals surface area contributed by atoms with Gasteiger partial charge in [0.05, 0.1) is 12.2 Å². The lowest BCUT2D eigenvalue weighted by Gasteiger charge is -2.26. The summed E-state index contributed by atoms with van der Waals surface area (Å²) in [4.78, 5) is 39.1. The minimum absolute atomic E-state index is 0.146. The van der Waals surface area contributed by atoms with Gasteiger partial charge in [-0.15, -0.1) is 0 Å². The van der Waals surface area contributed by atoms with Crippen LogP contribution in [0.2, 0.25) is 5.02 Å². The molecule has 4 amide bonds. The minimum atomic E-state index is -0.815. The average molecular weight is 506 g/mol. The van der Waals surface area contributed by atoms with Crippen LogP contribution in [0, 0.1) is 6.92 Å². The first kappa shape index (κ1) is 25.3. The highest BCUT2D eigenvalue weighted by Gasteiger charge is 2.37. The lowest BCUT2D eigenvalue weighted by atomic mass is 9.99. The molecule has 1 aliphatic rings. The minimum Gasteiger partial charge on any atom is -0.492 e. The Morgan fingerprint density at radius 3 is 2.53 bits per heavy atom. The molecule has 1 aliphatic heterocycles. The Morgan fingerprint density at radius 1 is 1.08 bits per heavy atom. The molecule has 0 radical (unpaired) electrons. The third kappa shape index (κ3) is 5.36. The molecule has 1 unspecified atom stereocenters. The maximum Gasteiger partial charge on any atom is 0.335 e. The number of amides is 4.